The maximum atomic E-state index is 9.73. The second kappa shape index (κ2) is 6.04. The third kappa shape index (κ3) is 3.54. The van der Waals surface area contributed by atoms with Crippen LogP contribution in [0.3, 0.4) is 0 Å². The molecule has 22 heavy (non-hydrogen) atoms. The zero-order chi connectivity index (χ0) is 15.4. The molecule has 3 rings (SSSR count). The van der Waals surface area contributed by atoms with Crippen molar-refractivity contribution in [1.29, 1.82) is 0 Å². The molecule has 0 unspecified atom stereocenters. The molecule has 0 atom stereocenters. The summed E-state index contributed by atoms with van der Waals surface area (Å²) in [6, 6.07) is 7.76. The molecular weight excluding hydrogens is 278 g/mol. The van der Waals surface area contributed by atoms with Gasteiger partial charge in [-0.2, -0.15) is 0 Å². The van der Waals surface area contributed by atoms with E-state index in [1.807, 2.05) is 35.0 Å². The van der Waals surface area contributed by atoms with Crippen molar-refractivity contribution < 1.29 is 9.94 Å². The molecule has 0 radical (unpaired) electrons. The Bertz CT molecular complexity index is 718. The van der Waals surface area contributed by atoms with Crippen molar-refractivity contribution in [3.63, 3.8) is 0 Å². The SMILES string of the molecule is CON=C(Cn1ccnc1)c1ccc(C#CC2(O)CC2)cc1. The topological polar surface area (TPSA) is 59.6 Å². The van der Waals surface area contributed by atoms with Crippen LogP contribution in [0.25, 0.3) is 0 Å². The van der Waals surface area contributed by atoms with Crippen molar-refractivity contribution in [3.8, 4) is 11.8 Å². The van der Waals surface area contributed by atoms with E-state index in [9.17, 15) is 5.11 Å². The minimum Gasteiger partial charge on any atom is -0.399 e. The molecule has 1 aromatic carbocycles. The molecule has 0 spiro atoms. The molecule has 1 fully saturated rings. The highest BCUT2D eigenvalue weighted by atomic mass is 16.6. The first kappa shape index (κ1) is 14.4. The van der Waals surface area contributed by atoms with E-state index in [-0.39, 0.29) is 0 Å². The summed E-state index contributed by atoms with van der Waals surface area (Å²) in [6.45, 7) is 0.582. The number of aromatic nitrogens is 2. The summed E-state index contributed by atoms with van der Waals surface area (Å²) >= 11 is 0. The van der Waals surface area contributed by atoms with E-state index in [1.165, 1.54) is 7.11 Å². The van der Waals surface area contributed by atoms with Crippen LogP contribution < -0.4 is 0 Å². The second-order valence-corrected chi connectivity index (χ2v) is 5.31. The van der Waals surface area contributed by atoms with Crippen molar-refractivity contribution in [2.24, 2.45) is 5.16 Å². The third-order valence-electron chi connectivity index (χ3n) is 3.47. The molecule has 1 heterocycles. The predicted molar refractivity (Wildman–Crippen MR) is 83.3 cm³/mol. The Kier molecular flexibility index (Phi) is 3.94. The third-order valence-corrected chi connectivity index (χ3v) is 3.47. The molecule has 0 bridgehead atoms. The Morgan fingerprint density at radius 3 is 2.77 bits per heavy atom. The summed E-state index contributed by atoms with van der Waals surface area (Å²) in [5, 5.41) is 13.8. The highest BCUT2D eigenvalue weighted by Gasteiger charge is 2.38. The van der Waals surface area contributed by atoms with Gasteiger partial charge in [-0.3, -0.25) is 0 Å². The van der Waals surface area contributed by atoms with E-state index in [0.29, 0.717) is 6.54 Å². The fraction of sp³-hybridized carbons (Fsp3) is 0.294. The molecule has 0 aliphatic heterocycles. The molecule has 1 aliphatic rings. The Morgan fingerprint density at radius 2 is 2.18 bits per heavy atom. The minimum atomic E-state index is -0.747. The Hall–Kier alpha value is -2.58. The first-order valence-corrected chi connectivity index (χ1v) is 7.10. The van der Waals surface area contributed by atoms with Crippen LogP contribution in [-0.4, -0.2) is 33.1 Å². The van der Waals surface area contributed by atoms with Crippen LogP contribution in [0.1, 0.15) is 24.0 Å². The first-order valence-electron chi connectivity index (χ1n) is 7.10. The molecule has 5 nitrogen and oxygen atoms in total. The largest absolute Gasteiger partial charge is 0.399 e. The van der Waals surface area contributed by atoms with Gasteiger partial charge in [-0.1, -0.05) is 29.1 Å². The summed E-state index contributed by atoms with van der Waals surface area (Å²) in [5.74, 6) is 5.90. The van der Waals surface area contributed by atoms with E-state index in [1.54, 1.807) is 12.5 Å². The lowest BCUT2D eigenvalue weighted by atomic mass is 10.1. The van der Waals surface area contributed by atoms with E-state index in [4.69, 9.17) is 4.84 Å². The summed E-state index contributed by atoms with van der Waals surface area (Å²) in [7, 11) is 1.53. The number of aliphatic hydroxyl groups is 1. The van der Waals surface area contributed by atoms with Crippen LogP contribution in [0.15, 0.2) is 48.1 Å². The van der Waals surface area contributed by atoms with Crippen molar-refractivity contribution >= 4 is 5.71 Å². The molecule has 0 saturated heterocycles. The predicted octanol–water partition coefficient (Wildman–Crippen LogP) is 1.81. The standard InChI is InChI=1S/C17H17N3O2/c1-22-19-16(12-20-11-10-18-13-20)15-4-2-14(3-5-15)6-7-17(21)8-9-17/h2-5,10-11,13,21H,8-9,12H2,1H3. The van der Waals surface area contributed by atoms with Crippen molar-refractivity contribution in [2.75, 3.05) is 7.11 Å². The van der Waals surface area contributed by atoms with Gasteiger partial charge in [-0.15, -0.1) is 0 Å². The van der Waals surface area contributed by atoms with Gasteiger partial charge in [-0.25, -0.2) is 4.98 Å². The fourth-order valence-corrected chi connectivity index (χ4v) is 2.01. The number of nitrogens with zero attached hydrogens (tertiary/aromatic N) is 3. The summed E-state index contributed by atoms with van der Waals surface area (Å²) < 4.78 is 1.92. The van der Waals surface area contributed by atoms with E-state index in [0.717, 1.165) is 29.7 Å². The zero-order valence-electron chi connectivity index (χ0n) is 12.4. The van der Waals surface area contributed by atoms with Gasteiger partial charge >= 0.3 is 0 Å². The molecular formula is C17H17N3O2. The second-order valence-electron chi connectivity index (χ2n) is 5.31. The summed E-state index contributed by atoms with van der Waals surface area (Å²) in [4.78, 5) is 8.95. The lowest BCUT2D eigenvalue weighted by Crippen LogP contribution is -2.11. The normalized spacial score (nSPS) is 15.8. The fourth-order valence-electron chi connectivity index (χ4n) is 2.01. The van der Waals surface area contributed by atoms with Gasteiger partial charge in [0.25, 0.3) is 0 Å². The quantitative estimate of drug-likeness (QED) is 0.531. The highest BCUT2D eigenvalue weighted by Crippen LogP contribution is 2.33. The summed E-state index contributed by atoms with van der Waals surface area (Å²) in [6.07, 6.45) is 6.88. The van der Waals surface area contributed by atoms with Crippen LogP contribution in [0.4, 0.5) is 0 Å². The van der Waals surface area contributed by atoms with Crippen LogP contribution in [0, 0.1) is 11.8 Å². The van der Waals surface area contributed by atoms with Crippen LogP contribution in [0.2, 0.25) is 0 Å². The van der Waals surface area contributed by atoms with E-state index < -0.39 is 5.60 Å². The summed E-state index contributed by atoms with van der Waals surface area (Å²) in [5.41, 5.74) is 1.90. The maximum Gasteiger partial charge on any atom is 0.126 e. The van der Waals surface area contributed by atoms with Crippen molar-refractivity contribution in [1.82, 2.24) is 9.55 Å². The molecule has 1 aromatic heterocycles. The molecule has 112 valence electrons. The smallest absolute Gasteiger partial charge is 0.126 e. The zero-order valence-corrected chi connectivity index (χ0v) is 12.4. The number of benzene rings is 1. The van der Waals surface area contributed by atoms with Crippen molar-refractivity contribution in [2.45, 2.75) is 25.0 Å². The molecule has 5 heteroatoms. The number of hydrogen-bond donors (Lipinski definition) is 1. The minimum absolute atomic E-state index is 0.582. The van der Waals surface area contributed by atoms with E-state index >= 15 is 0 Å². The van der Waals surface area contributed by atoms with Crippen LogP contribution in [-0.2, 0) is 11.4 Å². The Morgan fingerprint density at radius 1 is 1.41 bits per heavy atom. The average molecular weight is 295 g/mol. The van der Waals surface area contributed by atoms with Gasteiger partial charge < -0.3 is 14.5 Å². The average Bonchev–Trinajstić information content (AvgIpc) is 3.05. The van der Waals surface area contributed by atoms with Gasteiger partial charge in [0.2, 0.25) is 0 Å². The van der Waals surface area contributed by atoms with Gasteiger partial charge in [0.1, 0.15) is 18.4 Å². The Labute approximate surface area is 129 Å². The van der Waals surface area contributed by atoms with Crippen molar-refractivity contribution in [3.05, 3.63) is 54.1 Å². The van der Waals surface area contributed by atoms with E-state index in [2.05, 4.69) is 22.0 Å². The molecule has 1 N–H and O–H groups in total. The number of rotatable bonds is 4. The lowest BCUT2D eigenvalue weighted by molar-refractivity contribution is 0.212. The molecule has 0 amide bonds. The first-order chi connectivity index (χ1) is 10.7. The Balaban J connectivity index is 1.76. The lowest BCUT2D eigenvalue weighted by Gasteiger charge is -2.07. The van der Waals surface area contributed by atoms with Crippen LogP contribution in [0.5, 0.6) is 0 Å². The number of imidazole rings is 1. The van der Waals surface area contributed by atoms with Gasteiger partial charge in [0, 0.05) is 23.5 Å². The van der Waals surface area contributed by atoms with Gasteiger partial charge in [-0.05, 0) is 25.0 Å². The number of oxime groups is 1. The highest BCUT2D eigenvalue weighted by molar-refractivity contribution is 6.00. The monoisotopic (exact) mass is 295 g/mol. The molecule has 2 aromatic rings. The van der Waals surface area contributed by atoms with Gasteiger partial charge in [0.05, 0.1) is 12.9 Å². The van der Waals surface area contributed by atoms with Gasteiger partial charge in [0.15, 0.2) is 0 Å². The maximum absolute atomic E-state index is 9.73. The number of hydrogen-bond acceptors (Lipinski definition) is 4. The molecule has 1 aliphatic carbocycles. The van der Waals surface area contributed by atoms with Crippen LogP contribution >= 0.6 is 0 Å². The molecule has 1 saturated carbocycles.